The SMILES string of the molecule is N#CCC(O)c1cccc(SNC2CCCCC2)c1. The average Bonchev–Trinajstić information content (AvgIpc) is 2.47. The number of aliphatic hydroxyl groups excluding tert-OH is 1. The molecule has 0 heterocycles. The van der Waals surface area contributed by atoms with Crippen molar-refractivity contribution in [1.82, 2.24) is 4.72 Å². The van der Waals surface area contributed by atoms with Gasteiger partial charge in [-0.2, -0.15) is 5.26 Å². The van der Waals surface area contributed by atoms with Crippen LogP contribution in [0.1, 0.15) is 50.2 Å². The van der Waals surface area contributed by atoms with Crippen LogP contribution in [0.3, 0.4) is 0 Å². The molecule has 0 amide bonds. The fraction of sp³-hybridized carbons (Fsp3) is 0.533. The minimum absolute atomic E-state index is 0.143. The molecule has 0 saturated heterocycles. The van der Waals surface area contributed by atoms with Crippen LogP contribution < -0.4 is 4.72 Å². The minimum atomic E-state index is -0.680. The van der Waals surface area contributed by atoms with Crippen molar-refractivity contribution in [1.29, 1.82) is 5.26 Å². The highest BCUT2D eigenvalue weighted by atomic mass is 32.2. The van der Waals surface area contributed by atoms with E-state index < -0.39 is 6.10 Å². The third-order valence-corrected chi connectivity index (χ3v) is 4.42. The van der Waals surface area contributed by atoms with E-state index in [1.807, 2.05) is 30.3 Å². The number of hydrogen-bond acceptors (Lipinski definition) is 4. The number of hydrogen-bond donors (Lipinski definition) is 2. The molecule has 19 heavy (non-hydrogen) atoms. The van der Waals surface area contributed by atoms with Gasteiger partial charge in [0.1, 0.15) is 0 Å². The smallest absolute Gasteiger partial charge is 0.0920 e. The predicted molar refractivity (Wildman–Crippen MR) is 77.5 cm³/mol. The van der Waals surface area contributed by atoms with E-state index in [1.54, 1.807) is 11.9 Å². The molecule has 1 atom stereocenters. The lowest BCUT2D eigenvalue weighted by molar-refractivity contribution is 0.183. The maximum atomic E-state index is 9.81. The Kier molecular flexibility index (Phi) is 5.71. The van der Waals surface area contributed by atoms with Gasteiger partial charge in [0.2, 0.25) is 0 Å². The van der Waals surface area contributed by atoms with Gasteiger partial charge < -0.3 is 5.11 Å². The zero-order valence-electron chi connectivity index (χ0n) is 11.0. The molecule has 1 fully saturated rings. The standard InChI is InChI=1S/C15H20N2OS/c16-10-9-15(18)12-5-4-8-14(11-12)19-17-13-6-2-1-3-7-13/h4-5,8,11,13,15,17-18H,1-3,6-7,9H2. The Morgan fingerprint density at radius 3 is 2.89 bits per heavy atom. The largest absolute Gasteiger partial charge is 0.387 e. The molecule has 1 unspecified atom stereocenters. The first-order valence-electron chi connectivity index (χ1n) is 6.87. The topological polar surface area (TPSA) is 56.0 Å². The summed E-state index contributed by atoms with van der Waals surface area (Å²) in [6, 6.07) is 10.4. The molecule has 1 aromatic carbocycles. The molecule has 2 rings (SSSR count). The summed E-state index contributed by atoms with van der Waals surface area (Å²) in [4.78, 5) is 1.10. The van der Waals surface area contributed by atoms with Crippen molar-refractivity contribution in [3.63, 3.8) is 0 Å². The molecule has 1 aliphatic carbocycles. The molecule has 1 aromatic rings. The van der Waals surface area contributed by atoms with Crippen LogP contribution in [0.5, 0.6) is 0 Å². The second kappa shape index (κ2) is 7.54. The fourth-order valence-corrected chi connectivity index (χ4v) is 3.24. The van der Waals surface area contributed by atoms with Crippen molar-refractivity contribution in [2.45, 2.75) is 55.6 Å². The van der Waals surface area contributed by atoms with Crippen LogP contribution >= 0.6 is 11.9 Å². The van der Waals surface area contributed by atoms with Crippen molar-refractivity contribution in [3.05, 3.63) is 29.8 Å². The first kappa shape index (κ1) is 14.4. The summed E-state index contributed by atoms with van der Waals surface area (Å²) in [5.74, 6) is 0. The summed E-state index contributed by atoms with van der Waals surface area (Å²) < 4.78 is 3.51. The Hall–Kier alpha value is -1.02. The van der Waals surface area contributed by atoms with Crippen molar-refractivity contribution < 1.29 is 5.11 Å². The summed E-state index contributed by atoms with van der Waals surface area (Å²) in [6.07, 6.45) is 5.97. The molecule has 0 bridgehead atoms. The average molecular weight is 276 g/mol. The van der Waals surface area contributed by atoms with Crippen molar-refractivity contribution >= 4 is 11.9 Å². The van der Waals surface area contributed by atoms with Gasteiger partial charge in [0, 0.05) is 10.9 Å². The molecule has 1 aliphatic rings. The molecular formula is C15H20N2OS. The fourth-order valence-electron chi connectivity index (χ4n) is 2.36. The summed E-state index contributed by atoms with van der Waals surface area (Å²) in [5, 5.41) is 18.4. The van der Waals surface area contributed by atoms with Crippen molar-refractivity contribution in [3.8, 4) is 6.07 Å². The summed E-state index contributed by atoms with van der Waals surface area (Å²) >= 11 is 1.63. The van der Waals surface area contributed by atoms with Gasteiger partial charge >= 0.3 is 0 Å². The second-order valence-electron chi connectivity index (χ2n) is 5.01. The third kappa shape index (κ3) is 4.54. The first-order chi connectivity index (χ1) is 9.29. The molecule has 2 N–H and O–H groups in total. The third-order valence-electron chi connectivity index (χ3n) is 3.48. The highest BCUT2D eigenvalue weighted by molar-refractivity contribution is 7.97. The van der Waals surface area contributed by atoms with Gasteiger partial charge in [-0.1, -0.05) is 31.4 Å². The number of nitrogens with zero attached hydrogens (tertiary/aromatic N) is 1. The maximum absolute atomic E-state index is 9.81. The molecule has 3 nitrogen and oxygen atoms in total. The van der Waals surface area contributed by atoms with E-state index in [1.165, 1.54) is 32.1 Å². The number of rotatable bonds is 5. The van der Waals surface area contributed by atoms with Crippen LogP contribution in [0.4, 0.5) is 0 Å². The molecule has 0 radical (unpaired) electrons. The summed E-state index contributed by atoms with van der Waals surface area (Å²) in [5.41, 5.74) is 0.817. The molecule has 1 saturated carbocycles. The molecular weight excluding hydrogens is 256 g/mol. The van der Waals surface area contributed by atoms with Crippen LogP contribution in [-0.2, 0) is 0 Å². The normalized spacial score (nSPS) is 17.9. The van der Waals surface area contributed by atoms with E-state index >= 15 is 0 Å². The van der Waals surface area contributed by atoms with Crippen LogP contribution in [0.2, 0.25) is 0 Å². The molecule has 0 spiro atoms. The number of nitriles is 1. The van der Waals surface area contributed by atoms with Crippen molar-refractivity contribution in [2.24, 2.45) is 0 Å². The molecule has 0 aromatic heterocycles. The lowest BCUT2D eigenvalue weighted by atomic mass is 9.96. The maximum Gasteiger partial charge on any atom is 0.0920 e. The second-order valence-corrected chi connectivity index (χ2v) is 5.92. The van der Waals surface area contributed by atoms with Crippen LogP contribution in [0.15, 0.2) is 29.2 Å². The van der Waals surface area contributed by atoms with E-state index in [0.717, 1.165) is 10.5 Å². The van der Waals surface area contributed by atoms with Crippen LogP contribution in [0.25, 0.3) is 0 Å². The quantitative estimate of drug-likeness (QED) is 0.807. The predicted octanol–water partition coefficient (Wildman–Crippen LogP) is 3.56. The number of nitrogens with one attached hydrogen (secondary N) is 1. The van der Waals surface area contributed by atoms with Gasteiger partial charge in [0.05, 0.1) is 18.6 Å². The Morgan fingerprint density at radius 2 is 2.16 bits per heavy atom. The van der Waals surface area contributed by atoms with Gasteiger partial charge in [-0.3, -0.25) is 4.72 Å². The minimum Gasteiger partial charge on any atom is -0.387 e. The van der Waals surface area contributed by atoms with Gasteiger partial charge in [0.25, 0.3) is 0 Å². The highest BCUT2D eigenvalue weighted by Crippen LogP contribution is 2.25. The van der Waals surface area contributed by atoms with Gasteiger partial charge in [-0.25, -0.2) is 0 Å². The highest BCUT2D eigenvalue weighted by Gasteiger charge is 2.13. The summed E-state index contributed by atoms with van der Waals surface area (Å²) in [6.45, 7) is 0. The van der Waals surface area contributed by atoms with E-state index in [2.05, 4.69) is 4.72 Å². The Bertz CT molecular complexity index is 438. The van der Waals surface area contributed by atoms with E-state index in [-0.39, 0.29) is 6.42 Å². The zero-order valence-corrected chi connectivity index (χ0v) is 11.8. The molecule has 102 valence electrons. The monoisotopic (exact) mass is 276 g/mol. The zero-order chi connectivity index (χ0) is 13.5. The van der Waals surface area contributed by atoms with Crippen molar-refractivity contribution in [2.75, 3.05) is 0 Å². The van der Waals surface area contributed by atoms with Gasteiger partial charge in [-0.05, 0) is 42.5 Å². The van der Waals surface area contributed by atoms with E-state index in [0.29, 0.717) is 6.04 Å². The Labute approximate surface area is 119 Å². The number of aliphatic hydroxyl groups is 1. The Morgan fingerprint density at radius 1 is 1.37 bits per heavy atom. The van der Waals surface area contributed by atoms with Crippen LogP contribution in [0, 0.1) is 11.3 Å². The van der Waals surface area contributed by atoms with E-state index in [9.17, 15) is 5.11 Å². The summed E-state index contributed by atoms with van der Waals surface area (Å²) in [7, 11) is 0. The number of benzene rings is 1. The molecule has 4 heteroatoms. The van der Waals surface area contributed by atoms with Gasteiger partial charge in [-0.15, -0.1) is 0 Å². The lowest BCUT2D eigenvalue weighted by Crippen LogP contribution is -2.25. The lowest BCUT2D eigenvalue weighted by Gasteiger charge is -2.22. The van der Waals surface area contributed by atoms with Crippen LogP contribution in [-0.4, -0.2) is 11.1 Å². The molecule has 0 aliphatic heterocycles. The first-order valence-corrected chi connectivity index (χ1v) is 7.68. The van der Waals surface area contributed by atoms with E-state index in [4.69, 9.17) is 5.26 Å². The Balaban J connectivity index is 1.89. The van der Waals surface area contributed by atoms with Gasteiger partial charge in [0.15, 0.2) is 0 Å².